The van der Waals surface area contributed by atoms with Crippen LogP contribution < -0.4 is 15.9 Å². The van der Waals surface area contributed by atoms with Crippen LogP contribution in [0.4, 0.5) is 38.4 Å². The standard InChI is InChI=1S/C23H21F5N8O2/c1-12(35-38-17-5-8-30-20(32-17)23(26,27)28)14-11-31-21(29)33-18(14)13-6-9-36(10-7-13)22(37)34-19-15(24)3-2-4-16(19)25/h2-5,8,11,13H,6-7,9-10H2,1H3,(H,34,37)(H2,29,31,33)/b35-12+. The topological polar surface area (TPSA) is 132 Å². The summed E-state index contributed by atoms with van der Waals surface area (Å²) in [5.74, 6) is -3.74. The van der Waals surface area contributed by atoms with E-state index in [-0.39, 0.29) is 30.7 Å². The van der Waals surface area contributed by atoms with Gasteiger partial charge >= 0.3 is 12.2 Å². The number of nitrogens with zero attached hydrogens (tertiary/aromatic N) is 6. The Bertz CT molecular complexity index is 1340. The zero-order valence-corrected chi connectivity index (χ0v) is 19.8. The van der Waals surface area contributed by atoms with Gasteiger partial charge in [0.15, 0.2) is 0 Å². The minimum Gasteiger partial charge on any atom is -0.368 e. The number of benzene rings is 1. The number of carbonyl (C=O) groups is 1. The number of alkyl halides is 3. The van der Waals surface area contributed by atoms with Gasteiger partial charge in [-0.2, -0.15) is 18.2 Å². The smallest absolute Gasteiger partial charge is 0.368 e. The van der Waals surface area contributed by atoms with Crippen molar-refractivity contribution in [3.63, 3.8) is 0 Å². The van der Waals surface area contributed by atoms with Crippen molar-refractivity contribution in [3.8, 4) is 5.88 Å². The van der Waals surface area contributed by atoms with Crippen molar-refractivity contribution in [2.75, 3.05) is 24.1 Å². The number of hydrogen-bond donors (Lipinski definition) is 2. The van der Waals surface area contributed by atoms with Crippen molar-refractivity contribution in [1.29, 1.82) is 0 Å². The Hall–Kier alpha value is -4.43. The predicted molar refractivity (Wildman–Crippen MR) is 125 cm³/mol. The van der Waals surface area contributed by atoms with Crippen LogP contribution >= 0.6 is 0 Å². The molecule has 1 aliphatic heterocycles. The third kappa shape index (κ3) is 6.10. The summed E-state index contributed by atoms with van der Waals surface area (Å²) in [6, 6.07) is 3.75. The molecule has 1 fully saturated rings. The lowest BCUT2D eigenvalue weighted by atomic mass is 9.90. The number of likely N-dealkylation sites (tertiary alicyclic amines) is 1. The molecule has 2 aromatic heterocycles. The average molecular weight is 536 g/mol. The minimum absolute atomic E-state index is 0.00158. The van der Waals surface area contributed by atoms with E-state index >= 15 is 0 Å². The maximum Gasteiger partial charge on any atom is 0.451 e. The van der Waals surface area contributed by atoms with Crippen LogP contribution in [-0.4, -0.2) is 49.7 Å². The number of oxime groups is 1. The van der Waals surface area contributed by atoms with E-state index in [4.69, 9.17) is 10.6 Å². The molecule has 2 amide bonds. The number of nitrogens with two attached hydrogens (primary N) is 1. The summed E-state index contributed by atoms with van der Waals surface area (Å²) in [6.45, 7) is 2.06. The highest BCUT2D eigenvalue weighted by Crippen LogP contribution is 2.31. The quantitative estimate of drug-likeness (QED) is 0.281. The van der Waals surface area contributed by atoms with Crippen LogP contribution in [0.1, 0.15) is 42.8 Å². The molecular formula is C23H21F5N8O2. The van der Waals surface area contributed by atoms with E-state index in [0.29, 0.717) is 24.1 Å². The van der Waals surface area contributed by atoms with Crippen molar-refractivity contribution in [2.24, 2.45) is 5.16 Å². The van der Waals surface area contributed by atoms with E-state index in [2.05, 4.69) is 30.4 Å². The Kier molecular flexibility index (Phi) is 7.64. The normalized spacial score (nSPS) is 14.9. The average Bonchev–Trinajstić information content (AvgIpc) is 2.89. The van der Waals surface area contributed by atoms with Crippen LogP contribution in [0.3, 0.4) is 0 Å². The highest BCUT2D eigenvalue weighted by atomic mass is 19.4. The molecule has 15 heteroatoms. The summed E-state index contributed by atoms with van der Waals surface area (Å²) in [5, 5.41) is 6.13. The zero-order chi connectivity index (χ0) is 27.4. The number of halogens is 5. The van der Waals surface area contributed by atoms with E-state index in [1.807, 2.05) is 0 Å². The molecule has 10 nitrogen and oxygen atoms in total. The van der Waals surface area contributed by atoms with Crippen LogP contribution in [0, 0.1) is 11.6 Å². The molecule has 38 heavy (non-hydrogen) atoms. The summed E-state index contributed by atoms with van der Waals surface area (Å²) in [4.78, 5) is 33.8. The zero-order valence-electron chi connectivity index (χ0n) is 19.8. The first kappa shape index (κ1) is 26.6. The number of anilines is 2. The van der Waals surface area contributed by atoms with E-state index in [1.165, 1.54) is 17.2 Å². The number of nitrogen functional groups attached to an aromatic ring is 1. The molecule has 0 saturated carbocycles. The van der Waals surface area contributed by atoms with Gasteiger partial charge in [-0.3, -0.25) is 0 Å². The maximum atomic E-state index is 13.9. The SMILES string of the molecule is C/C(=N\Oc1ccnc(C(F)(F)F)n1)c1cnc(N)nc1C1CCN(C(=O)Nc2c(F)cccc2F)CC1. The van der Waals surface area contributed by atoms with Gasteiger partial charge in [0.1, 0.15) is 17.3 Å². The second kappa shape index (κ2) is 10.9. The number of urea groups is 1. The fraction of sp³-hybridized carbons (Fsp3) is 0.304. The summed E-state index contributed by atoms with van der Waals surface area (Å²) in [6.07, 6.45) is -1.55. The molecular weight excluding hydrogens is 515 g/mol. The monoisotopic (exact) mass is 536 g/mol. The Morgan fingerprint density at radius 1 is 1.13 bits per heavy atom. The van der Waals surface area contributed by atoms with Gasteiger partial charge in [0.05, 0.1) is 11.4 Å². The largest absolute Gasteiger partial charge is 0.451 e. The minimum atomic E-state index is -4.74. The van der Waals surface area contributed by atoms with Crippen LogP contribution in [0.15, 0.2) is 41.8 Å². The van der Waals surface area contributed by atoms with Crippen LogP contribution in [0.25, 0.3) is 0 Å². The summed E-state index contributed by atoms with van der Waals surface area (Å²) in [7, 11) is 0. The van der Waals surface area contributed by atoms with Crippen molar-refractivity contribution < 1.29 is 31.6 Å². The summed E-state index contributed by atoms with van der Waals surface area (Å²) >= 11 is 0. The molecule has 1 aromatic carbocycles. The van der Waals surface area contributed by atoms with Crippen molar-refractivity contribution >= 4 is 23.4 Å². The second-order valence-corrected chi connectivity index (χ2v) is 8.30. The Labute approximate surface area is 212 Å². The maximum absolute atomic E-state index is 13.9. The lowest BCUT2D eigenvalue weighted by Gasteiger charge is -2.32. The Morgan fingerprint density at radius 2 is 1.82 bits per heavy atom. The number of para-hydroxylation sites is 1. The molecule has 0 bridgehead atoms. The van der Waals surface area contributed by atoms with Gasteiger partial charge in [-0.25, -0.2) is 28.5 Å². The number of aromatic nitrogens is 4. The van der Waals surface area contributed by atoms with Crippen molar-refractivity contribution in [3.05, 3.63) is 65.4 Å². The number of rotatable bonds is 5. The third-order valence-corrected chi connectivity index (χ3v) is 5.75. The van der Waals surface area contributed by atoms with Gasteiger partial charge < -0.3 is 20.8 Å². The molecule has 0 spiro atoms. The lowest BCUT2D eigenvalue weighted by Crippen LogP contribution is -2.41. The van der Waals surface area contributed by atoms with Crippen LogP contribution in [0.2, 0.25) is 0 Å². The molecule has 0 aliphatic carbocycles. The highest BCUT2D eigenvalue weighted by Gasteiger charge is 2.35. The first-order valence-corrected chi connectivity index (χ1v) is 11.3. The number of piperidine rings is 1. The molecule has 3 heterocycles. The molecule has 0 atom stereocenters. The first-order valence-electron chi connectivity index (χ1n) is 11.3. The highest BCUT2D eigenvalue weighted by molar-refractivity contribution is 5.99. The van der Waals surface area contributed by atoms with E-state index in [1.54, 1.807) is 6.92 Å². The molecule has 0 unspecified atom stereocenters. The predicted octanol–water partition coefficient (Wildman–Crippen LogP) is 4.36. The van der Waals surface area contributed by atoms with Crippen molar-refractivity contribution in [1.82, 2.24) is 24.8 Å². The number of nitrogens with one attached hydrogen (secondary N) is 1. The fourth-order valence-electron chi connectivity index (χ4n) is 3.85. The molecule has 1 aliphatic rings. The van der Waals surface area contributed by atoms with Gasteiger partial charge in [-0.15, -0.1) is 0 Å². The molecule has 200 valence electrons. The van der Waals surface area contributed by atoms with Gasteiger partial charge in [0.2, 0.25) is 11.8 Å². The molecule has 4 rings (SSSR count). The number of amides is 2. The van der Waals surface area contributed by atoms with E-state index in [9.17, 15) is 26.7 Å². The summed E-state index contributed by atoms with van der Waals surface area (Å²) in [5.41, 5.74) is 6.47. The van der Waals surface area contributed by atoms with Gasteiger partial charge in [-0.05, 0) is 31.9 Å². The van der Waals surface area contributed by atoms with Crippen LogP contribution in [0.5, 0.6) is 5.88 Å². The van der Waals surface area contributed by atoms with Gasteiger partial charge in [0.25, 0.3) is 5.88 Å². The van der Waals surface area contributed by atoms with E-state index in [0.717, 1.165) is 24.4 Å². The Morgan fingerprint density at radius 3 is 2.47 bits per heavy atom. The summed E-state index contributed by atoms with van der Waals surface area (Å²) < 4.78 is 66.3. The van der Waals surface area contributed by atoms with Gasteiger partial charge in [-0.1, -0.05) is 11.2 Å². The molecule has 0 radical (unpaired) electrons. The molecule has 3 aromatic rings. The number of carbonyl (C=O) groups excluding carboxylic acids is 1. The lowest BCUT2D eigenvalue weighted by molar-refractivity contribution is -0.145. The molecule has 1 saturated heterocycles. The third-order valence-electron chi connectivity index (χ3n) is 5.75. The first-order chi connectivity index (χ1) is 18.0. The fourth-order valence-corrected chi connectivity index (χ4v) is 3.85. The van der Waals surface area contributed by atoms with E-state index < -0.39 is 41.2 Å². The van der Waals surface area contributed by atoms with Crippen molar-refractivity contribution in [2.45, 2.75) is 31.9 Å². The molecule has 3 N–H and O–H groups in total. The van der Waals surface area contributed by atoms with Crippen LogP contribution in [-0.2, 0) is 6.18 Å². The number of hydrogen-bond acceptors (Lipinski definition) is 8. The Balaban J connectivity index is 1.46. The second-order valence-electron chi connectivity index (χ2n) is 8.30. The van der Waals surface area contributed by atoms with Gasteiger partial charge in [0, 0.05) is 43.0 Å².